The molecule has 0 saturated carbocycles. The lowest BCUT2D eigenvalue weighted by Crippen LogP contribution is -2.46. The van der Waals surface area contributed by atoms with Crippen molar-refractivity contribution in [2.75, 3.05) is 6.54 Å². The zero-order valence-electron chi connectivity index (χ0n) is 12.1. The molecule has 1 unspecified atom stereocenters. The summed E-state index contributed by atoms with van der Waals surface area (Å²) in [5.74, 6) is -1.76. The van der Waals surface area contributed by atoms with Gasteiger partial charge in [-0.3, -0.25) is 4.79 Å². The minimum Gasteiger partial charge on any atom is -0.479 e. The summed E-state index contributed by atoms with van der Waals surface area (Å²) in [5, 5.41) is 24.9. The van der Waals surface area contributed by atoms with Crippen molar-refractivity contribution >= 4 is 11.9 Å². The minimum atomic E-state index is -1.98. The number of carbonyl (C=O) groups is 2. The highest BCUT2D eigenvalue weighted by Crippen LogP contribution is 2.08. The molecular formula is C15H17N3O4. The zero-order valence-corrected chi connectivity index (χ0v) is 12.1. The van der Waals surface area contributed by atoms with E-state index in [0.29, 0.717) is 5.56 Å². The van der Waals surface area contributed by atoms with Gasteiger partial charge >= 0.3 is 5.97 Å². The van der Waals surface area contributed by atoms with Crippen LogP contribution in [0.4, 0.5) is 0 Å². The number of nitrogens with one attached hydrogen (secondary N) is 1. The van der Waals surface area contributed by atoms with E-state index < -0.39 is 11.6 Å². The number of amides is 1. The van der Waals surface area contributed by atoms with Crippen LogP contribution in [0.3, 0.4) is 0 Å². The molecular weight excluding hydrogens is 286 g/mol. The molecule has 1 amide bonds. The number of carboxylic acids is 1. The molecule has 1 aromatic heterocycles. The second-order valence-corrected chi connectivity index (χ2v) is 5.16. The van der Waals surface area contributed by atoms with Gasteiger partial charge in [0.1, 0.15) is 0 Å². The van der Waals surface area contributed by atoms with E-state index in [9.17, 15) is 14.7 Å². The Balaban J connectivity index is 1.93. The number of aliphatic carboxylic acids is 1. The maximum atomic E-state index is 11.8. The van der Waals surface area contributed by atoms with Gasteiger partial charge in [-0.1, -0.05) is 18.2 Å². The highest BCUT2D eigenvalue weighted by atomic mass is 16.4. The number of carboxylic acid groups (broad SMARTS) is 1. The van der Waals surface area contributed by atoms with Gasteiger partial charge in [0.2, 0.25) is 5.91 Å². The molecule has 0 aliphatic rings. The van der Waals surface area contributed by atoms with Gasteiger partial charge in [0.05, 0.1) is 24.8 Å². The molecule has 1 heterocycles. The fraction of sp³-hybridized carbons (Fsp3) is 0.267. The average molecular weight is 303 g/mol. The Labute approximate surface area is 127 Å². The van der Waals surface area contributed by atoms with Gasteiger partial charge in [-0.15, -0.1) is 0 Å². The van der Waals surface area contributed by atoms with Crippen LogP contribution in [-0.2, 0) is 16.0 Å². The van der Waals surface area contributed by atoms with E-state index >= 15 is 0 Å². The summed E-state index contributed by atoms with van der Waals surface area (Å²) < 4.78 is 1.65. The molecule has 0 saturated heterocycles. The molecule has 2 aromatic rings. The quantitative estimate of drug-likeness (QED) is 0.715. The molecule has 7 nitrogen and oxygen atoms in total. The Kier molecular flexibility index (Phi) is 4.57. The molecule has 0 aliphatic heterocycles. The fourth-order valence-corrected chi connectivity index (χ4v) is 1.77. The van der Waals surface area contributed by atoms with Crippen molar-refractivity contribution in [3.8, 4) is 5.69 Å². The molecule has 3 N–H and O–H groups in total. The SMILES string of the molecule is CC(O)(CNC(=O)Cc1cnn(-c2ccccc2)c1)C(=O)O. The molecule has 1 atom stereocenters. The number of aliphatic hydroxyl groups is 1. The molecule has 0 bridgehead atoms. The van der Waals surface area contributed by atoms with E-state index in [1.807, 2.05) is 30.3 Å². The molecule has 2 rings (SSSR count). The highest BCUT2D eigenvalue weighted by Gasteiger charge is 2.30. The summed E-state index contributed by atoms with van der Waals surface area (Å²) in [4.78, 5) is 22.5. The van der Waals surface area contributed by atoms with Gasteiger partial charge in [0.15, 0.2) is 5.60 Å². The van der Waals surface area contributed by atoms with Crippen LogP contribution in [0.1, 0.15) is 12.5 Å². The van der Waals surface area contributed by atoms with Crippen molar-refractivity contribution in [3.63, 3.8) is 0 Å². The summed E-state index contributed by atoms with van der Waals surface area (Å²) in [6.07, 6.45) is 3.36. The van der Waals surface area contributed by atoms with Gasteiger partial charge in [0, 0.05) is 6.20 Å². The summed E-state index contributed by atoms with van der Waals surface area (Å²) >= 11 is 0. The Bertz CT molecular complexity index is 664. The van der Waals surface area contributed by atoms with Crippen LogP contribution in [0.25, 0.3) is 5.69 Å². The number of carbonyl (C=O) groups excluding carboxylic acids is 1. The van der Waals surface area contributed by atoms with Crippen LogP contribution in [0.2, 0.25) is 0 Å². The van der Waals surface area contributed by atoms with Crippen molar-refractivity contribution in [1.82, 2.24) is 15.1 Å². The first kappa shape index (κ1) is 15.7. The number of nitrogens with zero attached hydrogens (tertiary/aromatic N) is 2. The number of hydrogen-bond acceptors (Lipinski definition) is 4. The lowest BCUT2D eigenvalue weighted by atomic mass is 10.1. The van der Waals surface area contributed by atoms with Crippen molar-refractivity contribution < 1.29 is 19.8 Å². The van der Waals surface area contributed by atoms with Crippen LogP contribution < -0.4 is 5.32 Å². The van der Waals surface area contributed by atoms with E-state index in [2.05, 4.69) is 10.4 Å². The van der Waals surface area contributed by atoms with Crippen LogP contribution in [0.5, 0.6) is 0 Å². The van der Waals surface area contributed by atoms with Gasteiger partial charge in [0.25, 0.3) is 0 Å². The van der Waals surface area contributed by atoms with E-state index in [1.165, 1.54) is 0 Å². The van der Waals surface area contributed by atoms with Gasteiger partial charge < -0.3 is 15.5 Å². The van der Waals surface area contributed by atoms with E-state index in [0.717, 1.165) is 12.6 Å². The monoisotopic (exact) mass is 303 g/mol. The second kappa shape index (κ2) is 6.40. The zero-order chi connectivity index (χ0) is 16.2. The van der Waals surface area contributed by atoms with Crippen LogP contribution in [-0.4, -0.2) is 44.0 Å². The third-order valence-electron chi connectivity index (χ3n) is 3.11. The maximum Gasteiger partial charge on any atom is 0.337 e. The summed E-state index contributed by atoms with van der Waals surface area (Å²) in [5.41, 5.74) is -0.413. The molecule has 0 fully saturated rings. The van der Waals surface area contributed by atoms with Crippen molar-refractivity contribution in [3.05, 3.63) is 48.3 Å². The summed E-state index contributed by atoms with van der Waals surface area (Å²) in [6, 6.07) is 9.45. The van der Waals surface area contributed by atoms with Gasteiger partial charge in [-0.2, -0.15) is 5.10 Å². The Morgan fingerprint density at radius 3 is 2.64 bits per heavy atom. The highest BCUT2D eigenvalue weighted by molar-refractivity contribution is 5.81. The number of aromatic nitrogens is 2. The second-order valence-electron chi connectivity index (χ2n) is 5.16. The molecule has 116 valence electrons. The molecule has 0 aliphatic carbocycles. The van der Waals surface area contributed by atoms with E-state index in [-0.39, 0.29) is 18.9 Å². The third-order valence-corrected chi connectivity index (χ3v) is 3.11. The lowest BCUT2D eigenvalue weighted by molar-refractivity contribution is -0.156. The van der Waals surface area contributed by atoms with E-state index in [1.54, 1.807) is 17.1 Å². The van der Waals surface area contributed by atoms with Crippen LogP contribution in [0.15, 0.2) is 42.7 Å². The maximum absolute atomic E-state index is 11.8. The normalized spacial score (nSPS) is 13.4. The van der Waals surface area contributed by atoms with Crippen molar-refractivity contribution in [2.45, 2.75) is 18.9 Å². The minimum absolute atomic E-state index is 0.0581. The Morgan fingerprint density at radius 1 is 1.32 bits per heavy atom. The molecule has 7 heteroatoms. The Hall–Kier alpha value is -2.67. The van der Waals surface area contributed by atoms with Crippen molar-refractivity contribution in [2.24, 2.45) is 0 Å². The Morgan fingerprint density at radius 2 is 2.00 bits per heavy atom. The average Bonchev–Trinajstić information content (AvgIpc) is 2.94. The molecule has 1 aromatic carbocycles. The number of rotatable bonds is 6. The summed E-state index contributed by atoms with van der Waals surface area (Å²) in [7, 11) is 0. The largest absolute Gasteiger partial charge is 0.479 e. The molecule has 0 spiro atoms. The third kappa shape index (κ3) is 3.92. The number of para-hydroxylation sites is 1. The van der Waals surface area contributed by atoms with Gasteiger partial charge in [-0.05, 0) is 24.6 Å². The van der Waals surface area contributed by atoms with Gasteiger partial charge in [-0.25, -0.2) is 9.48 Å². The smallest absolute Gasteiger partial charge is 0.337 e. The topological polar surface area (TPSA) is 104 Å². The first-order valence-corrected chi connectivity index (χ1v) is 6.70. The van der Waals surface area contributed by atoms with Crippen LogP contribution in [0, 0.1) is 0 Å². The van der Waals surface area contributed by atoms with Crippen molar-refractivity contribution in [1.29, 1.82) is 0 Å². The van der Waals surface area contributed by atoms with E-state index in [4.69, 9.17) is 5.11 Å². The predicted octanol–water partition coefficient (Wildman–Crippen LogP) is 0.367. The van der Waals surface area contributed by atoms with Crippen LogP contribution >= 0.6 is 0 Å². The first-order valence-electron chi connectivity index (χ1n) is 6.70. The molecule has 22 heavy (non-hydrogen) atoms. The first-order chi connectivity index (χ1) is 10.4. The fourth-order valence-electron chi connectivity index (χ4n) is 1.77. The molecule has 0 radical (unpaired) electrons. The summed E-state index contributed by atoms with van der Waals surface area (Å²) in [6.45, 7) is 0.775. The number of hydrogen-bond donors (Lipinski definition) is 3. The standard InChI is InChI=1S/C15H17N3O4/c1-15(22,14(20)21)10-16-13(19)7-11-8-17-18(9-11)12-5-3-2-4-6-12/h2-6,8-9,22H,7,10H2,1H3,(H,16,19)(H,20,21). The number of benzene rings is 1. The predicted molar refractivity (Wildman–Crippen MR) is 78.5 cm³/mol. The lowest BCUT2D eigenvalue weighted by Gasteiger charge is -2.18.